The zero-order valence-electron chi connectivity index (χ0n) is 11.6. The molecule has 0 radical (unpaired) electrons. The van der Waals surface area contributed by atoms with E-state index in [9.17, 15) is 12.8 Å². The summed E-state index contributed by atoms with van der Waals surface area (Å²) >= 11 is 7.13. The molecule has 0 aliphatic carbocycles. The molecule has 1 aromatic carbocycles. The predicted octanol–water partition coefficient (Wildman–Crippen LogP) is 3.76. The number of aryl methyl sites for hydroxylation is 1. The normalized spacial score (nSPS) is 12.0. The highest BCUT2D eigenvalue weighted by molar-refractivity contribution is 7.89. The Bertz CT molecular complexity index is 726. The lowest BCUT2D eigenvalue weighted by atomic mass is 10.2. The Morgan fingerprint density at radius 1 is 1.29 bits per heavy atom. The predicted molar refractivity (Wildman–Crippen MR) is 83.7 cm³/mol. The zero-order chi connectivity index (χ0) is 15.6. The fourth-order valence-corrected chi connectivity index (χ4v) is 4.80. The topological polar surface area (TPSA) is 37.4 Å². The summed E-state index contributed by atoms with van der Waals surface area (Å²) in [5.41, 5.74) is 0.730. The first kappa shape index (κ1) is 16.4. The van der Waals surface area contributed by atoms with Crippen LogP contribution in [-0.4, -0.2) is 19.8 Å². The largest absolute Gasteiger partial charge is 0.244 e. The zero-order valence-corrected chi connectivity index (χ0v) is 14.0. The van der Waals surface area contributed by atoms with Gasteiger partial charge >= 0.3 is 0 Å². The molecular formula is C14H15ClFNO2S2. The Labute approximate surface area is 133 Å². The SMILES string of the molecule is Cc1sc(CCl)cc1S(=O)(=O)N(C)Cc1ccc(F)cc1. The van der Waals surface area contributed by atoms with E-state index in [-0.39, 0.29) is 17.3 Å². The molecule has 2 rings (SSSR count). The summed E-state index contributed by atoms with van der Waals surface area (Å²) in [4.78, 5) is 1.83. The van der Waals surface area contributed by atoms with Crippen LogP contribution in [0.3, 0.4) is 0 Å². The van der Waals surface area contributed by atoms with Crippen LogP contribution in [0.2, 0.25) is 0 Å². The molecule has 0 atom stereocenters. The molecule has 2 aromatic rings. The van der Waals surface area contributed by atoms with Gasteiger partial charge in [-0.1, -0.05) is 12.1 Å². The van der Waals surface area contributed by atoms with Crippen LogP contribution < -0.4 is 0 Å². The fourth-order valence-electron chi connectivity index (χ4n) is 1.95. The van der Waals surface area contributed by atoms with E-state index in [1.54, 1.807) is 25.1 Å². The van der Waals surface area contributed by atoms with Gasteiger partial charge in [0.05, 0.1) is 10.8 Å². The molecule has 0 saturated heterocycles. The third-order valence-electron chi connectivity index (χ3n) is 3.06. The van der Waals surface area contributed by atoms with Gasteiger partial charge in [-0.2, -0.15) is 4.31 Å². The number of hydrogen-bond donors (Lipinski definition) is 0. The van der Waals surface area contributed by atoms with Crippen LogP contribution in [0.4, 0.5) is 4.39 Å². The Balaban J connectivity index is 2.25. The smallest absolute Gasteiger partial charge is 0.207 e. The summed E-state index contributed by atoms with van der Waals surface area (Å²) in [6.07, 6.45) is 0. The van der Waals surface area contributed by atoms with Crippen molar-refractivity contribution in [2.24, 2.45) is 0 Å². The van der Waals surface area contributed by atoms with Crippen molar-refractivity contribution in [1.29, 1.82) is 0 Å². The highest BCUT2D eigenvalue weighted by Crippen LogP contribution is 2.29. The summed E-state index contributed by atoms with van der Waals surface area (Å²) in [5.74, 6) is -0.0485. The molecule has 0 fully saturated rings. The van der Waals surface area contributed by atoms with Gasteiger partial charge < -0.3 is 0 Å². The van der Waals surface area contributed by atoms with Crippen LogP contribution in [0, 0.1) is 12.7 Å². The number of nitrogens with zero attached hydrogens (tertiary/aromatic N) is 1. The van der Waals surface area contributed by atoms with E-state index in [2.05, 4.69) is 0 Å². The van der Waals surface area contributed by atoms with Gasteiger partial charge in [0, 0.05) is 23.3 Å². The molecule has 114 valence electrons. The quantitative estimate of drug-likeness (QED) is 0.772. The number of halogens is 2. The molecule has 1 heterocycles. The molecule has 3 nitrogen and oxygen atoms in total. The average molecular weight is 348 g/mol. The first-order valence-electron chi connectivity index (χ1n) is 6.20. The maximum Gasteiger partial charge on any atom is 0.244 e. The maximum absolute atomic E-state index is 12.9. The van der Waals surface area contributed by atoms with Gasteiger partial charge in [0.1, 0.15) is 5.82 Å². The summed E-state index contributed by atoms with van der Waals surface area (Å²) in [6.45, 7) is 1.95. The van der Waals surface area contributed by atoms with E-state index in [1.165, 1.54) is 34.8 Å². The number of alkyl halides is 1. The number of sulfonamides is 1. The number of benzene rings is 1. The van der Waals surface area contributed by atoms with Crippen LogP contribution >= 0.6 is 22.9 Å². The van der Waals surface area contributed by atoms with Gasteiger partial charge in [-0.25, -0.2) is 12.8 Å². The van der Waals surface area contributed by atoms with Gasteiger partial charge in [-0.05, 0) is 30.7 Å². The fraction of sp³-hybridized carbons (Fsp3) is 0.286. The van der Waals surface area contributed by atoms with Crippen molar-refractivity contribution in [3.05, 3.63) is 51.5 Å². The van der Waals surface area contributed by atoms with E-state index in [4.69, 9.17) is 11.6 Å². The Morgan fingerprint density at radius 2 is 1.90 bits per heavy atom. The molecule has 1 aromatic heterocycles. The van der Waals surface area contributed by atoms with E-state index in [0.29, 0.717) is 5.88 Å². The first-order valence-corrected chi connectivity index (χ1v) is 8.99. The van der Waals surface area contributed by atoms with E-state index in [1.807, 2.05) is 0 Å². The lowest BCUT2D eigenvalue weighted by molar-refractivity contribution is 0.466. The Hall–Kier alpha value is -0.950. The molecule has 21 heavy (non-hydrogen) atoms. The lowest BCUT2D eigenvalue weighted by Crippen LogP contribution is -2.26. The summed E-state index contributed by atoms with van der Waals surface area (Å²) in [5, 5.41) is 0. The first-order chi connectivity index (χ1) is 9.84. The van der Waals surface area contributed by atoms with Crippen molar-refractivity contribution >= 4 is 33.0 Å². The van der Waals surface area contributed by atoms with Gasteiger partial charge in [-0.3, -0.25) is 0 Å². The van der Waals surface area contributed by atoms with Crippen molar-refractivity contribution in [3.63, 3.8) is 0 Å². The highest BCUT2D eigenvalue weighted by Gasteiger charge is 2.24. The second kappa shape index (κ2) is 6.44. The summed E-state index contributed by atoms with van der Waals surface area (Å²) in [7, 11) is -2.07. The molecule has 0 bridgehead atoms. The molecule has 0 amide bonds. The maximum atomic E-state index is 12.9. The third kappa shape index (κ3) is 3.63. The second-order valence-corrected chi connectivity index (χ2v) is 8.28. The number of hydrogen-bond acceptors (Lipinski definition) is 3. The molecule has 0 N–H and O–H groups in total. The minimum atomic E-state index is -3.58. The minimum Gasteiger partial charge on any atom is -0.207 e. The van der Waals surface area contributed by atoms with E-state index in [0.717, 1.165) is 15.3 Å². The van der Waals surface area contributed by atoms with Crippen LogP contribution in [-0.2, 0) is 22.4 Å². The van der Waals surface area contributed by atoms with Crippen molar-refractivity contribution < 1.29 is 12.8 Å². The summed E-state index contributed by atoms with van der Waals surface area (Å²) < 4.78 is 39.3. The van der Waals surface area contributed by atoms with Gasteiger partial charge in [0.15, 0.2) is 0 Å². The van der Waals surface area contributed by atoms with Crippen LogP contribution in [0.15, 0.2) is 35.2 Å². The molecule has 0 aliphatic heterocycles. The molecular weight excluding hydrogens is 333 g/mol. The third-order valence-corrected chi connectivity index (χ3v) is 6.62. The minimum absolute atomic E-state index is 0.189. The van der Waals surface area contributed by atoms with Crippen LogP contribution in [0.1, 0.15) is 15.3 Å². The van der Waals surface area contributed by atoms with E-state index < -0.39 is 10.0 Å². The molecule has 0 unspecified atom stereocenters. The highest BCUT2D eigenvalue weighted by atomic mass is 35.5. The average Bonchev–Trinajstić information content (AvgIpc) is 2.83. The van der Waals surface area contributed by atoms with Crippen molar-refractivity contribution in [3.8, 4) is 0 Å². The van der Waals surface area contributed by atoms with Crippen molar-refractivity contribution in [2.75, 3.05) is 7.05 Å². The van der Waals surface area contributed by atoms with Crippen molar-refractivity contribution in [2.45, 2.75) is 24.2 Å². The van der Waals surface area contributed by atoms with E-state index >= 15 is 0 Å². The molecule has 0 spiro atoms. The number of rotatable bonds is 5. The lowest BCUT2D eigenvalue weighted by Gasteiger charge is -2.17. The Morgan fingerprint density at radius 3 is 2.43 bits per heavy atom. The molecule has 0 aliphatic rings. The van der Waals surface area contributed by atoms with Crippen LogP contribution in [0.25, 0.3) is 0 Å². The molecule has 0 saturated carbocycles. The summed E-state index contributed by atoms with van der Waals surface area (Å²) in [6, 6.07) is 7.40. The van der Waals surface area contributed by atoms with Crippen LogP contribution in [0.5, 0.6) is 0 Å². The van der Waals surface area contributed by atoms with Gasteiger partial charge in [-0.15, -0.1) is 22.9 Å². The Kier molecular flexibility index (Phi) is 5.03. The standard InChI is InChI=1S/C14H15ClFNO2S2/c1-10-14(7-13(8-15)20-10)21(18,19)17(2)9-11-3-5-12(16)6-4-11/h3-7H,8-9H2,1-2H3. The molecule has 7 heteroatoms. The second-order valence-electron chi connectivity index (χ2n) is 4.65. The van der Waals surface area contributed by atoms with Gasteiger partial charge in [0.2, 0.25) is 10.0 Å². The number of thiophene rings is 1. The monoisotopic (exact) mass is 347 g/mol. The van der Waals surface area contributed by atoms with Crippen molar-refractivity contribution in [1.82, 2.24) is 4.31 Å². The van der Waals surface area contributed by atoms with Gasteiger partial charge in [0.25, 0.3) is 0 Å².